The summed E-state index contributed by atoms with van der Waals surface area (Å²) < 4.78 is 5.82. The Hall–Kier alpha value is -4.57. The molecule has 7 heteroatoms. The Kier molecular flexibility index (Phi) is 6.66. The second-order valence-electron chi connectivity index (χ2n) is 6.50. The lowest BCUT2D eigenvalue weighted by Crippen LogP contribution is -2.13. The number of ether oxygens (including phenoxy) is 1. The molecule has 0 spiro atoms. The molecule has 3 aromatic rings. The molecule has 0 bridgehead atoms. The maximum atomic E-state index is 12.5. The number of carbonyl (C=O) groups excluding carboxylic acids is 1. The summed E-state index contributed by atoms with van der Waals surface area (Å²) in [6.07, 6.45) is 1.43. The van der Waals surface area contributed by atoms with Crippen LogP contribution in [0.25, 0.3) is 6.08 Å². The fourth-order valence-electron chi connectivity index (χ4n) is 2.68. The summed E-state index contributed by atoms with van der Waals surface area (Å²) in [5.74, 6) is -1.06. The number of carboxylic acid groups (broad SMARTS) is 1. The molecule has 0 atom stereocenters. The Morgan fingerprint density at radius 3 is 2.32 bits per heavy atom. The Bertz CT molecular complexity index is 1160. The predicted octanol–water partition coefficient (Wildman–Crippen LogP) is 4.22. The van der Waals surface area contributed by atoms with Gasteiger partial charge in [-0.1, -0.05) is 30.3 Å². The highest BCUT2D eigenvalue weighted by molar-refractivity contribution is 6.09. The van der Waals surface area contributed by atoms with Crippen LogP contribution in [0.15, 0.2) is 78.4 Å². The number of rotatable bonds is 7. The van der Waals surface area contributed by atoms with Crippen molar-refractivity contribution in [2.24, 2.45) is 0 Å². The first-order valence-electron chi connectivity index (χ1n) is 9.22. The Balaban J connectivity index is 1.75. The van der Waals surface area contributed by atoms with Crippen molar-refractivity contribution in [2.75, 3.05) is 5.32 Å². The fraction of sp³-hybridized carbons (Fsp3) is 0.0417. The smallest absolute Gasteiger partial charge is 0.335 e. The third kappa shape index (κ3) is 5.71. The van der Waals surface area contributed by atoms with Crippen LogP contribution < -0.4 is 10.1 Å². The van der Waals surface area contributed by atoms with Gasteiger partial charge in [0, 0.05) is 11.3 Å². The van der Waals surface area contributed by atoms with Crippen LogP contribution in [0.3, 0.4) is 0 Å². The Morgan fingerprint density at radius 2 is 1.68 bits per heavy atom. The molecular formula is C24H18N2O5. The first-order chi connectivity index (χ1) is 15.0. The highest BCUT2D eigenvalue weighted by atomic mass is 16.5. The van der Waals surface area contributed by atoms with Crippen molar-refractivity contribution in [3.8, 4) is 17.6 Å². The van der Waals surface area contributed by atoms with E-state index >= 15 is 0 Å². The third-order valence-electron chi connectivity index (χ3n) is 4.30. The molecule has 0 saturated carbocycles. The predicted molar refractivity (Wildman–Crippen MR) is 115 cm³/mol. The zero-order chi connectivity index (χ0) is 22.2. The number of para-hydroxylation sites is 1. The van der Waals surface area contributed by atoms with Crippen LogP contribution in [0, 0.1) is 11.3 Å². The van der Waals surface area contributed by atoms with Gasteiger partial charge in [-0.15, -0.1) is 0 Å². The topological polar surface area (TPSA) is 120 Å². The molecule has 0 aliphatic heterocycles. The molecule has 3 N–H and O–H groups in total. The van der Waals surface area contributed by atoms with Crippen LogP contribution >= 0.6 is 0 Å². The highest BCUT2D eigenvalue weighted by Gasteiger charge is 2.12. The van der Waals surface area contributed by atoms with E-state index in [4.69, 9.17) is 9.84 Å². The van der Waals surface area contributed by atoms with Crippen molar-refractivity contribution < 1.29 is 24.5 Å². The number of nitrogens with one attached hydrogen (secondary N) is 1. The number of benzene rings is 3. The number of aromatic carboxylic acids is 1. The monoisotopic (exact) mass is 414 g/mol. The van der Waals surface area contributed by atoms with Crippen molar-refractivity contribution in [1.29, 1.82) is 5.26 Å². The van der Waals surface area contributed by atoms with Gasteiger partial charge < -0.3 is 20.3 Å². The van der Waals surface area contributed by atoms with Crippen molar-refractivity contribution in [2.45, 2.75) is 6.61 Å². The molecule has 0 fully saturated rings. The first kappa shape index (κ1) is 21.1. The number of phenols is 1. The van der Waals surface area contributed by atoms with Gasteiger partial charge >= 0.3 is 5.97 Å². The van der Waals surface area contributed by atoms with E-state index in [1.54, 1.807) is 36.4 Å². The number of carbonyl (C=O) groups is 2. The highest BCUT2D eigenvalue weighted by Crippen LogP contribution is 2.23. The number of aromatic hydroxyl groups is 1. The fourth-order valence-corrected chi connectivity index (χ4v) is 2.68. The summed E-state index contributed by atoms with van der Waals surface area (Å²) in [7, 11) is 0. The summed E-state index contributed by atoms with van der Waals surface area (Å²) in [4.78, 5) is 23.4. The average Bonchev–Trinajstić information content (AvgIpc) is 2.78. The van der Waals surface area contributed by atoms with E-state index in [0.29, 0.717) is 17.0 Å². The number of nitrogens with zero attached hydrogens (tertiary/aromatic N) is 1. The van der Waals surface area contributed by atoms with E-state index in [1.807, 2.05) is 6.07 Å². The summed E-state index contributed by atoms with van der Waals surface area (Å²) in [5.41, 5.74) is 1.83. The second-order valence-corrected chi connectivity index (χ2v) is 6.50. The van der Waals surface area contributed by atoms with E-state index in [2.05, 4.69) is 5.32 Å². The molecule has 0 aliphatic carbocycles. The lowest BCUT2D eigenvalue weighted by atomic mass is 10.1. The number of phenolic OH excluding ortho intramolecular Hbond substituents is 1. The minimum absolute atomic E-state index is 0.0673. The molecule has 7 nitrogen and oxygen atoms in total. The number of nitriles is 1. The molecule has 1 amide bonds. The summed E-state index contributed by atoms with van der Waals surface area (Å²) >= 11 is 0. The molecule has 3 rings (SSSR count). The zero-order valence-electron chi connectivity index (χ0n) is 16.3. The van der Waals surface area contributed by atoms with E-state index < -0.39 is 11.9 Å². The molecule has 31 heavy (non-hydrogen) atoms. The van der Waals surface area contributed by atoms with Gasteiger partial charge in [-0.2, -0.15) is 5.26 Å². The summed E-state index contributed by atoms with van der Waals surface area (Å²) in [6, 6.07) is 21.1. The minimum Gasteiger partial charge on any atom is -0.508 e. The number of amides is 1. The Labute approximate surface area is 178 Å². The van der Waals surface area contributed by atoms with E-state index in [9.17, 15) is 20.0 Å². The number of anilines is 1. The second kappa shape index (κ2) is 9.76. The van der Waals surface area contributed by atoms with Crippen LogP contribution in [0.4, 0.5) is 5.69 Å². The number of hydrogen-bond acceptors (Lipinski definition) is 5. The van der Waals surface area contributed by atoms with Gasteiger partial charge in [0.1, 0.15) is 29.7 Å². The average molecular weight is 414 g/mol. The molecule has 0 saturated heterocycles. The number of hydrogen-bond donors (Lipinski definition) is 3. The molecule has 0 aromatic heterocycles. The number of carboxylic acids is 1. The SMILES string of the molecule is N#C/C(=C/c1ccccc1OCc1ccc(C(=O)O)cc1)C(=O)Nc1ccc(O)cc1. The van der Waals surface area contributed by atoms with Gasteiger partial charge in [-0.3, -0.25) is 4.79 Å². The van der Waals surface area contributed by atoms with Gasteiger partial charge in [0.2, 0.25) is 0 Å². The molecule has 0 heterocycles. The first-order valence-corrected chi connectivity index (χ1v) is 9.22. The molecule has 0 aliphatic rings. The molecule has 154 valence electrons. The van der Waals surface area contributed by atoms with Gasteiger partial charge in [0.25, 0.3) is 5.91 Å². The lowest BCUT2D eigenvalue weighted by Gasteiger charge is -2.10. The van der Waals surface area contributed by atoms with Crippen molar-refractivity contribution >= 4 is 23.6 Å². The molecule has 0 radical (unpaired) electrons. The lowest BCUT2D eigenvalue weighted by molar-refractivity contribution is -0.112. The van der Waals surface area contributed by atoms with Crippen LogP contribution in [0.1, 0.15) is 21.5 Å². The van der Waals surface area contributed by atoms with Crippen molar-refractivity contribution in [3.05, 3.63) is 95.1 Å². The third-order valence-corrected chi connectivity index (χ3v) is 4.30. The zero-order valence-corrected chi connectivity index (χ0v) is 16.3. The van der Waals surface area contributed by atoms with Gasteiger partial charge in [0.15, 0.2) is 0 Å². The molecular weight excluding hydrogens is 396 g/mol. The normalized spacial score (nSPS) is 10.7. The van der Waals surface area contributed by atoms with Crippen molar-refractivity contribution in [3.63, 3.8) is 0 Å². The van der Waals surface area contributed by atoms with E-state index in [1.165, 1.54) is 42.5 Å². The summed E-state index contributed by atoms with van der Waals surface area (Å²) in [6.45, 7) is 0.187. The van der Waals surface area contributed by atoms with Crippen LogP contribution in [-0.2, 0) is 11.4 Å². The van der Waals surface area contributed by atoms with Crippen LogP contribution in [0.2, 0.25) is 0 Å². The Morgan fingerprint density at radius 1 is 1.00 bits per heavy atom. The standard InChI is InChI=1S/C24H18N2O5/c25-14-19(23(28)26-20-9-11-21(27)12-10-20)13-18-3-1-2-4-22(18)31-15-16-5-7-17(8-6-16)24(29)30/h1-13,27H,15H2,(H,26,28)(H,29,30)/b19-13-. The minimum atomic E-state index is -1.00. The van der Waals surface area contributed by atoms with Gasteiger partial charge in [-0.05, 0) is 54.1 Å². The van der Waals surface area contributed by atoms with Crippen molar-refractivity contribution in [1.82, 2.24) is 0 Å². The van der Waals surface area contributed by atoms with Gasteiger partial charge in [0.05, 0.1) is 5.56 Å². The van der Waals surface area contributed by atoms with Crippen LogP contribution in [0.5, 0.6) is 11.5 Å². The van der Waals surface area contributed by atoms with E-state index in [-0.39, 0.29) is 23.5 Å². The largest absolute Gasteiger partial charge is 0.508 e. The maximum absolute atomic E-state index is 12.5. The van der Waals surface area contributed by atoms with Crippen LogP contribution in [-0.4, -0.2) is 22.1 Å². The molecule has 3 aromatic carbocycles. The van der Waals surface area contributed by atoms with E-state index in [0.717, 1.165) is 5.56 Å². The van der Waals surface area contributed by atoms with Gasteiger partial charge in [-0.25, -0.2) is 4.79 Å². The maximum Gasteiger partial charge on any atom is 0.335 e. The summed E-state index contributed by atoms with van der Waals surface area (Å²) in [5, 5.41) is 30.3. The molecule has 0 unspecified atom stereocenters. The quantitative estimate of drug-likeness (QED) is 0.303.